The second kappa shape index (κ2) is 17.8. The number of nitrogens with two attached hydrogens (primary N) is 2. The summed E-state index contributed by atoms with van der Waals surface area (Å²) in [6.45, 7) is 5.16. The van der Waals surface area contributed by atoms with Gasteiger partial charge in [0.15, 0.2) is 0 Å². The highest BCUT2D eigenvalue weighted by Crippen LogP contribution is 2.11. The highest BCUT2D eigenvalue weighted by Gasteiger charge is 2.17. The quantitative estimate of drug-likeness (QED) is 0.194. The number of hydrogen-bond acceptors (Lipinski definition) is 8. The molecule has 188 valence electrons. The number of amides is 1. The van der Waals surface area contributed by atoms with Gasteiger partial charge in [-0.1, -0.05) is 48.3 Å². The minimum Gasteiger partial charge on any atom is -0.508 e. The summed E-state index contributed by atoms with van der Waals surface area (Å²) in [7, 11) is 1.30. The summed E-state index contributed by atoms with van der Waals surface area (Å²) in [5.41, 5.74) is 11.7. The molecule has 1 aromatic rings. The molecular formula is C21H34BrN3O8. The van der Waals surface area contributed by atoms with Gasteiger partial charge in [0.2, 0.25) is 5.91 Å². The van der Waals surface area contributed by atoms with Crippen molar-refractivity contribution in [1.29, 1.82) is 0 Å². The van der Waals surface area contributed by atoms with Crippen molar-refractivity contribution in [2.45, 2.75) is 51.7 Å². The van der Waals surface area contributed by atoms with Crippen molar-refractivity contribution in [1.82, 2.24) is 5.32 Å². The smallest absolute Gasteiger partial charge is 0.325 e. The van der Waals surface area contributed by atoms with E-state index in [1.54, 1.807) is 24.3 Å². The molecule has 33 heavy (non-hydrogen) atoms. The molecular weight excluding hydrogens is 502 g/mol. The average molecular weight is 536 g/mol. The summed E-state index contributed by atoms with van der Waals surface area (Å²) in [6.07, 6.45) is 1.22. The van der Waals surface area contributed by atoms with Crippen LogP contribution in [-0.2, 0) is 30.3 Å². The summed E-state index contributed by atoms with van der Waals surface area (Å²) >= 11 is 2.89. The van der Waals surface area contributed by atoms with Gasteiger partial charge in [0.1, 0.15) is 23.9 Å². The fraction of sp³-hybridized carbons (Fsp3) is 0.524. The van der Waals surface area contributed by atoms with E-state index in [2.05, 4.69) is 26.0 Å². The van der Waals surface area contributed by atoms with Crippen molar-refractivity contribution in [3.05, 3.63) is 29.8 Å². The Morgan fingerprint density at radius 3 is 1.91 bits per heavy atom. The third-order valence-corrected chi connectivity index (χ3v) is 4.82. The number of carboxylic acids is 2. The van der Waals surface area contributed by atoms with E-state index in [1.807, 2.05) is 13.8 Å². The van der Waals surface area contributed by atoms with Crippen molar-refractivity contribution in [2.75, 3.05) is 12.4 Å². The van der Waals surface area contributed by atoms with Crippen molar-refractivity contribution in [3.63, 3.8) is 0 Å². The Morgan fingerprint density at radius 1 is 1.06 bits per heavy atom. The predicted octanol–water partition coefficient (Wildman–Crippen LogP) is 0.850. The summed E-state index contributed by atoms with van der Waals surface area (Å²) in [6, 6.07) is 4.39. The maximum Gasteiger partial charge on any atom is 0.325 e. The number of hydrogen-bond donors (Lipinski definition) is 6. The number of benzene rings is 1. The van der Waals surface area contributed by atoms with Crippen molar-refractivity contribution in [3.8, 4) is 5.75 Å². The predicted molar refractivity (Wildman–Crippen MR) is 126 cm³/mol. The van der Waals surface area contributed by atoms with Crippen LogP contribution in [-0.4, -0.2) is 69.7 Å². The van der Waals surface area contributed by atoms with E-state index in [-0.39, 0.29) is 22.9 Å². The first kappa shape index (κ1) is 32.5. The fourth-order valence-corrected chi connectivity index (χ4v) is 2.12. The van der Waals surface area contributed by atoms with Gasteiger partial charge in [-0.25, -0.2) is 0 Å². The maximum atomic E-state index is 11.0. The Kier molecular flexibility index (Phi) is 17.5. The summed E-state index contributed by atoms with van der Waals surface area (Å²) in [5.74, 6) is -2.44. The molecule has 0 spiro atoms. The third-order valence-electron chi connectivity index (χ3n) is 4.31. The van der Waals surface area contributed by atoms with Crippen LogP contribution in [0.5, 0.6) is 5.75 Å². The molecule has 0 heterocycles. The number of esters is 1. The zero-order chi connectivity index (χ0) is 26.1. The number of aromatic hydroxyl groups is 1. The number of phenolic OH excluding ortho intramolecular Hbond substituents is 1. The van der Waals surface area contributed by atoms with E-state index in [9.17, 15) is 19.2 Å². The van der Waals surface area contributed by atoms with Crippen LogP contribution in [0.1, 0.15) is 32.8 Å². The molecule has 1 amide bonds. The molecule has 11 nitrogen and oxygen atoms in total. The number of methoxy groups -OCH3 is 1. The van der Waals surface area contributed by atoms with Crippen LogP contribution in [0.2, 0.25) is 0 Å². The second-order valence-electron chi connectivity index (χ2n) is 7.01. The standard InChI is InChI=1S/C10H13NO3.C6H13NO2.C5H8BrNO3/c1-14-10(13)9(11)6-7-2-4-8(12)5-3-7;1-3-4(2)5(7)6(8)9;1-3(5(9)10)7-4(8)2-6/h2-5,9,12H,6,11H2,1H3;4-5H,3,7H2,1-2H3,(H,8,9);3H,2H2,1H3,(H,7,8)(H,9,10). The van der Waals surface area contributed by atoms with Gasteiger partial charge < -0.3 is 36.8 Å². The van der Waals surface area contributed by atoms with Gasteiger partial charge in [0, 0.05) is 0 Å². The van der Waals surface area contributed by atoms with Gasteiger partial charge in [0.25, 0.3) is 0 Å². The molecule has 0 fully saturated rings. The average Bonchev–Trinajstić information content (AvgIpc) is 2.79. The Balaban J connectivity index is 0. The number of carboxylic acid groups (broad SMARTS) is 2. The maximum absolute atomic E-state index is 11.0. The van der Waals surface area contributed by atoms with Crippen LogP contribution in [0.4, 0.5) is 0 Å². The molecule has 0 saturated heterocycles. The first-order valence-corrected chi connectivity index (χ1v) is 11.1. The molecule has 8 N–H and O–H groups in total. The van der Waals surface area contributed by atoms with Gasteiger partial charge in [-0.3, -0.25) is 19.2 Å². The van der Waals surface area contributed by atoms with Crippen LogP contribution < -0.4 is 16.8 Å². The molecule has 4 unspecified atom stereocenters. The third kappa shape index (κ3) is 15.7. The first-order chi connectivity index (χ1) is 15.3. The Bertz CT molecular complexity index is 746. The lowest BCUT2D eigenvalue weighted by molar-refractivity contribution is -0.142. The Hall–Kier alpha value is -2.70. The topological polar surface area (TPSA) is 202 Å². The number of halogens is 1. The van der Waals surface area contributed by atoms with E-state index < -0.39 is 36.0 Å². The van der Waals surface area contributed by atoms with Crippen LogP contribution in [0, 0.1) is 5.92 Å². The summed E-state index contributed by atoms with van der Waals surface area (Å²) < 4.78 is 4.49. The number of ether oxygens (including phenoxy) is 1. The van der Waals surface area contributed by atoms with Crippen LogP contribution in [0.15, 0.2) is 24.3 Å². The Morgan fingerprint density at radius 2 is 1.58 bits per heavy atom. The second-order valence-corrected chi connectivity index (χ2v) is 7.57. The molecule has 1 aromatic carbocycles. The minimum absolute atomic E-state index is 0.0718. The lowest BCUT2D eigenvalue weighted by Gasteiger charge is -2.11. The van der Waals surface area contributed by atoms with Gasteiger partial charge in [-0.15, -0.1) is 0 Å². The van der Waals surface area contributed by atoms with Gasteiger partial charge in [0.05, 0.1) is 12.4 Å². The van der Waals surface area contributed by atoms with Crippen LogP contribution in [0.3, 0.4) is 0 Å². The number of carbonyl (C=O) groups is 4. The zero-order valence-corrected chi connectivity index (χ0v) is 20.7. The molecule has 12 heteroatoms. The number of carbonyl (C=O) groups excluding carboxylic acids is 2. The van der Waals surface area contributed by atoms with E-state index in [0.29, 0.717) is 6.42 Å². The fourth-order valence-electron chi connectivity index (χ4n) is 1.96. The minimum atomic E-state index is -1.03. The van der Waals surface area contributed by atoms with E-state index in [4.69, 9.17) is 26.8 Å². The molecule has 0 radical (unpaired) electrons. The number of phenols is 1. The van der Waals surface area contributed by atoms with Crippen molar-refractivity contribution >= 4 is 39.7 Å². The van der Waals surface area contributed by atoms with E-state index in [0.717, 1.165) is 12.0 Å². The highest BCUT2D eigenvalue weighted by molar-refractivity contribution is 9.09. The molecule has 0 aliphatic carbocycles. The Labute approximate surface area is 201 Å². The largest absolute Gasteiger partial charge is 0.508 e. The van der Waals surface area contributed by atoms with Gasteiger partial charge >= 0.3 is 17.9 Å². The van der Waals surface area contributed by atoms with Crippen molar-refractivity contribution in [2.24, 2.45) is 17.4 Å². The lowest BCUT2D eigenvalue weighted by Crippen LogP contribution is -2.38. The molecule has 1 rings (SSSR count). The molecule has 0 aliphatic rings. The van der Waals surface area contributed by atoms with Crippen molar-refractivity contribution < 1.29 is 39.2 Å². The lowest BCUT2D eigenvalue weighted by atomic mass is 10.0. The monoisotopic (exact) mass is 535 g/mol. The van der Waals surface area contributed by atoms with Gasteiger partial charge in [-0.2, -0.15) is 0 Å². The molecule has 0 bridgehead atoms. The number of alkyl halides is 1. The molecule has 4 atom stereocenters. The normalized spacial score (nSPS) is 13.4. The molecule has 0 saturated carbocycles. The number of aliphatic carboxylic acids is 2. The van der Waals surface area contributed by atoms with Crippen LogP contribution in [0.25, 0.3) is 0 Å². The summed E-state index contributed by atoms with van der Waals surface area (Å²) in [4.78, 5) is 41.8. The number of nitrogens with one attached hydrogen (secondary N) is 1. The van der Waals surface area contributed by atoms with Crippen LogP contribution >= 0.6 is 15.9 Å². The SMILES string of the molecule is CC(NC(=O)CBr)C(=O)O.CCC(C)C(N)C(=O)O.COC(=O)C(N)Cc1ccc(O)cc1. The van der Waals surface area contributed by atoms with Gasteiger partial charge in [-0.05, 0) is 37.0 Å². The van der Waals surface area contributed by atoms with E-state index >= 15 is 0 Å². The molecule has 0 aliphatic heterocycles. The number of rotatable bonds is 9. The highest BCUT2D eigenvalue weighted by atomic mass is 79.9. The molecule has 0 aromatic heterocycles. The zero-order valence-electron chi connectivity index (χ0n) is 19.2. The summed E-state index contributed by atoms with van der Waals surface area (Å²) in [5, 5.41) is 28.1. The first-order valence-electron chi connectivity index (χ1n) is 9.98. The van der Waals surface area contributed by atoms with E-state index in [1.165, 1.54) is 14.0 Å².